The zero-order valence-electron chi connectivity index (χ0n) is 15.7. The predicted molar refractivity (Wildman–Crippen MR) is 95.6 cm³/mol. The van der Waals surface area contributed by atoms with Crippen LogP contribution in [0.5, 0.6) is 11.5 Å². The van der Waals surface area contributed by atoms with Crippen LogP contribution < -0.4 is 14.8 Å². The van der Waals surface area contributed by atoms with Gasteiger partial charge in [-0.25, -0.2) is 0 Å². The lowest BCUT2D eigenvalue weighted by molar-refractivity contribution is -0.141. The quantitative estimate of drug-likeness (QED) is 0.822. The molecule has 0 saturated carbocycles. The molecule has 0 spiro atoms. The molecule has 6 heteroatoms. The van der Waals surface area contributed by atoms with Gasteiger partial charge >= 0.3 is 0 Å². The number of hydrogen-bond acceptors (Lipinski definition) is 4. The summed E-state index contributed by atoms with van der Waals surface area (Å²) in [5.41, 5.74) is -0.0334. The molecule has 0 bridgehead atoms. The molecule has 1 saturated heterocycles. The van der Waals surface area contributed by atoms with E-state index in [1.54, 1.807) is 19.1 Å². The number of nitrogens with one attached hydrogen (secondary N) is 1. The van der Waals surface area contributed by atoms with Crippen molar-refractivity contribution in [3.05, 3.63) is 23.8 Å². The van der Waals surface area contributed by atoms with Gasteiger partial charge in [0.2, 0.25) is 11.8 Å². The van der Waals surface area contributed by atoms with E-state index in [0.29, 0.717) is 30.9 Å². The first kappa shape index (κ1) is 19.1. The van der Waals surface area contributed by atoms with Crippen LogP contribution in [0, 0.1) is 0 Å². The molecule has 1 fully saturated rings. The number of carbonyl (C=O) groups excluding carboxylic acids is 2. The average Bonchev–Trinajstić information content (AvgIpc) is 2.91. The molecule has 2 amide bonds. The van der Waals surface area contributed by atoms with Crippen molar-refractivity contribution >= 4 is 11.8 Å². The summed E-state index contributed by atoms with van der Waals surface area (Å²) in [6, 6.07) is 5.54. The Bertz CT molecular complexity index is 646. The Morgan fingerprint density at radius 1 is 1.36 bits per heavy atom. The van der Waals surface area contributed by atoms with E-state index in [-0.39, 0.29) is 17.9 Å². The lowest BCUT2D eigenvalue weighted by atomic mass is 9.96. The Morgan fingerprint density at radius 2 is 2.08 bits per heavy atom. The van der Waals surface area contributed by atoms with Crippen LogP contribution in [0.4, 0.5) is 0 Å². The van der Waals surface area contributed by atoms with E-state index >= 15 is 0 Å². The fourth-order valence-electron chi connectivity index (χ4n) is 3.05. The van der Waals surface area contributed by atoms with Crippen molar-refractivity contribution in [1.29, 1.82) is 0 Å². The van der Waals surface area contributed by atoms with Gasteiger partial charge in [-0.05, 0) is 44.9 Å². The summed E-state index contributed by atoms with van der Waals surface area (Å²) < 4.78 is 10.7. The lowest BCUT2D eigenvalue weighted by Crippen LogP contribution is -2.55. The van der Waals surface area contributed by atoms with Crippen molar-refractivity contribution < 1.29 is 19.1 Å². The summed E-state index contributed by atoms with van der Waals surface area (Å²) in [6.45, 7) is 6.13. The molecule has 2 atom stereocenters. The molecule has 1 N–H and O–H groups in total. The van der Waals surface area contributed by atoms with Crippen LogP contribution in [-0.2, 0) is 16.1 Å². The summed E-state index contributed by atoms with van der Waals surface area (Å²) in [7, 11) is 3.18. The number of ether oxygens (including phenoxy) is 2. The third kappa shape index (κ3) is 3.89. The predicted octanol–water partition coefficient (Wildman–Crippen LogP) is 2.50. The monoisotopic (exact) mass is 348 g/mol. The maximum Gasteiger partial charge on any atom is 0.245 e. The Morgan fingerprint density at radius 3 is 2.68 bits per heavy atom. The maximum atomic E-state index is 12.8. The standard InChI is InChI=1S/C19H28N2O4/c1-6-13(2)20-18(23)19(3)10-9-17(22)21(19)12-14-11-15(24-4)7-8-16(14)25-5/h7-8,11,13H,6,9-10,12H2,1-5H3,(H,20,23)/t13-,19-/m1/s1. The zero-order valence-corrected chi connectivity index (χ0v) is 15.7. The van der Waals surface area contributed by atoms with Gasteiger partial charge in [-0.15, -0.1) is 0 Å². The number of hydrogen-bond donors (Lipinski definition) is 1. The molecule has 1 aliphatic heterocycles. The number of benzene rings is 1. The Labute approximate surface area is 149 Å². The van der Waals surface area contributed by atoms with Crippen LogP contribution in [0.2, 0.25) is 0 Å². The highest BCUT2D eigenvalue weighted by Gasteiger charge is 2.47. The second kappa shape index (κ2) is 7.76. The topological polar surface area (TPSA) is 67.9 Å². The fraction of sp³-hybridized carbons (Fsp3) is 0.579. The molecular formula is C19H28N2O4. The first-order valence-corrected chi connectivity index (χ1v) is 8.68. The molecule has 1 aromatic rings. The molecule has 138 valence electrons. The summed E-state index contributed by atoms with van der Waals surface area (Å²) >= 11 is 0. The van der Waals surface area contributed by atoms with Crippen molar-refractivity contribution in [2.24, 2.45) is 0 Å². The normalized spacial score (nSPS) is 21.2. The smallest absolute Gasteiger partial charge is 0.245 e. The minimum atomic E-state index is -0.853. The van der Waals surface area contributed by atoms with Crippen LogP contribution in [0.3, 0.4) is 0 Å². The molecule has 0 aromatic heterocycles. The highest BCUT2D eigenvalue weighted by molar-refractivity contribution is 5.94. The van der Waals surface area contributed by atoms with E-state index in [1.807, 2.05) is 39.0 Å². The molecule has 1 aliphatic rings. The van der Waals surface area contributed by atoms with Gasteiger partial charge in [-0.2, -0.15) is 0 Å². The molecule has 6 nitrogen and oxygen atoms in total. The highest BCUT2D eigenvalue weighted by Crippen LogP contribution is 2.34. The molecule has 25 heavy (non-hydrogen) atoms. The van der Waals surface area contributed by atoms with Gasteiger partial charge < -0.3 is 19.7 Å². The van der Waals surface area contributed by atoms with Crippen LogP contribution in [-0.4, -0.2) is 42.5 Å². The maximum absolute atomic E-state index is 12.8. The minimum absolute atomic E-state index is 0.0216. The van der Waals surface area contributed by atoms with Gasteiger partial charge in [0.05, 0.1) is 20.8 Å². The molecular weight excluding hydrogens is 320 g/mol. The number of likely N-dealkylation sites (tertiary alicyclic amines) is 1. The van der Waals surface area contributed by atoms with Gasteiger partial charge in [0.1, 0.15) is 17.0 Å². The van der Waals surface area contributed by atoms with Crippen LogP contribution in [0.25, 0.3) is 0 Å². The first-order valence-electron chi connectivity index (χ1n) is 8.68. The number of amides is 2. The molecule has 0 unspecified atom stereocenters. The van der Waals surface area contributed by atoms with Gasteiger partial charge in [-0.3, -0.25) is 9.59 Å². The Hall–Kier alpha value is -2.24. The fourth-order valence-corrected chi connectivity index (χ4v) is 3.05. The van der Waals surface area contributed by atoms with Crippen molar-refractivity contribution in [2.45, 2.75) is 58.2 Å². The van der Waals surface area contributed by atoms with E-state index in [9.17, 15) is 9.59 Å². The van der Waals surface area contributed by atoms with E-state index in [2.05, 4.69) is 5.32 Å². The SMILES string of the molecule is CC[C@@H](C)NC(=O)[C@@]1(C)CCC(=O)N1Cc1cc(OC)ccc1OC. The van der Waals surface area contributed by atoms with Gasteiger partial charge in [-0.1, -0.05) is 6.92 Å². The summed E-state index contributed by atoms with van der Waals surface area (Å²) in [5.74, 6) is 1.24. The molecule has 1 heterocycles. The van der Waals surface area contributed by atoms with Crippen LogP contribution in [0.1, 0.15) is 45.6 Å². The second-order valence-electron chi connectivity index (χ2n) is 6.71. The molecule has 2 rings (SSSR count). The first-order chi connectivity index (χ1) is 11.8. The zero-order chi connectivity index (χ0) is 18.6. The van der Waals surface area contributed by atoms with Gasteiger partial charge in [0, 0.05) is 18.0 Å². The summed E-state index contributed by atoms with van der Waals surface area (Å²) in [5, 5.41) is 3.01. The highest BCUT2D eigenvalue weighted by atomic mass is 16.5. The van der Waals surface area contributed by atoms with Crippen molar-refractivity contribution in [1.82, 2.24) is 10.2 Å². The number of nitrogens with zero attached hydrogens (tertiary/aromatic N) is 1. The lowest BCUT2D eigenvalue weighted by Gasteiger charge is -2.35. The van der Waals surface area contributed by atoms with Gasteiger partial charge in [0.15, 0.2) is 0 Å². The van der Waals surface area contributed by atoms with E-state index in [0.717, 1.165) is 12.0 Å². The Kier molecular flexibility index (Phi) is 5.93. The largest absolute Gasteiger partial charge is 0.497 e. The van der Waals surface area contributed by atoms with E-state index < -0.39 is 5.54 Å². The minimum Gasteiger partial charge on any atom is -0.497 e. The van der Waals surface area contributed by atoms with Gasteiger partial charge in [0.25, 0.3) is 0 Å². The number of carbonyl (C=O) groups is 2. The van der Waals surface area contributed by atoms with E-state index in [4.69, 9.17) is 9.47 Å². The van der Waals surface area contributed by atoms with Crippen LogP contribution in [0.15, 0.2) is 18.2 Å². The molecule has 0 aliphatic carbocycles. The van der Waals surface area contributed by atoms with Crippen molar-refractivity contribution in [3.8, 4) is 11.5 Å². The Balaban J connectivity index is 2.29. The summed E-state index contributed by atoms with van der Waals surface area (Å²) in [6.07, 6.45) is 1.73. The van der Waals surface area contributed by atoms with Crippen LogP contribution >= 0.6 is 0 Å². The third-order valence-electron chi connectivity index (χ3n) is 5.02. The number of rotatable bonds is 7. The number of methoxy groups -OCH3 is 2. The van der Waals surface area contributed by atoms with E-state index in [1.165, 1.54) is 0 Å². The van der Waals surface area contributed by atoms with Crippen molar-refractivity contribution in [3.63, 3.8) is 0 Å². The third-order valence-corrected chi connectivity index (χ3v) is 5.02. The summed E-state index contributed by atoms with van der Waals surface area (Å²) in [4.78, 5) is 26.9. The second-order valence-corrected chi connectivity index (χ2v) is 6.71. The molecule has 1 aromatic carbocycles. The average molecular weight is 348 g/mol. The van der Waals surface area contributed by atoms with Crippen molar-refractivity contribution in [2.75, 3.05) is 14.2 Å². The molecule has 0 radical (unpaired) electrons.